The maximum Gasteiger partial charge on any atom is 0.325 e. The molecule has 0 atom stereocenters. The highest BCUT2D eigenvalue weighted by molar-refractivity contribution is 5.97. The molecule has 0 aliphatic carbocycles. The van der Waals surface area contributed by atoms with E-state index in [0.29, 0.717) is 23.1 Å². The third kappa shape index (κ3) is 2.91. The highest BCUT2D eigenvalue weighted by Crippen LogP contribution is 2.31. The van der Waals surface area contributed by atoms with Crippen molar-refractivity contribution in [3.05, 3.63) is 40.6 Å². The van der Waals surface area contributed by atoms with Gasteiger partial charge in [0.25, 0.3) is 5.69 Å². The molecule has 110 valence electrons. The molecule has 0 amide bonds. The van der Waals surface area contributed by atoms with Crippen LogP contribution in [0.15, 0.2) is 30.5 Å². The maximum atomic E-state index is 11.5. The Balaban J connectivity index is 2.56. The zero-order valence-electron chi connectivity index (χ0n) is 11.8. The van der Waals surface area contributed by atoms with Crippen molar-refractivity contribution in [2.24, 2.45) is 0 Å². The van der Waals surface area contributed by atoms with Crippen LogP contribution in [0.3, 0.4) is 0 Å². The standard InChI is InChI=1S/C14H15N3O4/c1-3-16(9-13(18)21-2)12-7-6-11(17(19)20)10-5-4-8-15-14(10)12/h4-8H,3,9H2,1-2H3. The molecule has 0 aliphatic heterocycles. The lowest BCUT2D eigenvalue weighted by molar-refractivity contribution is -0.383. The molecule has 21 heavy (non-hydrogen) atoms. The average Bonchev–Trinajstić information content (AvgIpc) is 2.51. The molecule has 2 rings (SSSR count). The summed E-state index contributed by atoms with van der Waals surface area (Å²) in [6, 6.07) is 6.34. The summed E-state index contributed by atoms with van der Waals surface area (Å²) in [5.41, 5.74) is 1.16. The second kappa shape index (κ2) is 6.17. The van der Waals surface area contributed by atoms with Crippen LogP contribution < -0.4 is 4.90 Å². The number of ether oxygens (including phenoxy) is 1. The molecule has 0 saturated heterocycles. The summed E-state index contributed by atoms with van der Waals surface area (Å²) in [4.78, 5) is 28.1. The minimum Gasteiger partial charge on any atom is -0.468 e. The molecule has 0 N–H and O–H groups in total. The molecule has 0 saturated carbocycles. The highest BCUT2D eigenvalue weighted by Gasteiger charge is 2.19. The van der Waals surface area contributed by atoms with Gasteiger partial charge in [-0.3, -0.25) is 19.9 Å². The fraction of sp³-hybridized carbons (Fsp3) is 0.286. The number of rotatable bonds is 5. The van der Waals surface area contributed by atoms with Gasteiger partial charge in [0.2, 0.25) is 0 Å². The van der Waals surface area contributed by atoms with Gasteiger partial charge in [0.15, 0.2) is 0 Å². The zero-order valence-corrected chi connectivity index (χ0v) is 11.8. The van der Waals surface area contributed by atoms with Crippen LogP contribution in [0.5, 0.6) is 0 Å². The van der Waals surface area contributed by atoms with E-state index in [0.717, 1.165) is 0 Å². The predicted octanol–water partition coefficient (Wildman–Crippen LogP) is 2.14. The van der Waals surface area contributed by atoms with Crippen molar-refractivity contribution in [1.29, 1.82) is 0 Å². The quantitative estimate of drug-likeness (QED) is 0.476. The number of aromatic nitrogens is 1. The van der Waals surface area contributed by atoms with E-state index < -0.39 is 4.92 Å². The number of esters is 1. The van der Waals surface area contributed by atoms with E-state index in [1.165, 1.54) is 13.2 Å². The maximum absolute atomic E-state index is 11.5. The fourth-order valence-electron chi connectivity index (χ4n) is 2.14. The zero-order chi connectivity index (χ0) is 15.4. The van der Waals surface area contributed by atoms with Crippen molar-refractivity contribution in [3.8, 4) is 0 Å². The molecule has 0 bridgehead atoms. The van der Waals surface area contributed by atoms with Crippen LogP contribution in [0.2, 0.25) is 0 Å². The minimum atomic E-state index is -0.440. The molecule has 0 unspecified atom stereocenters. The van der Waals surface area contributed by atoms with Crippen molar-refractivity contribution in [2.45, 2.75) is 6.92 Å². The molecule has 0 fully saturated rings. The monoisotopic (exact) mass is 289 g/mol. The lowest BCUT2D eigenvalue weighted by Crippen LogP contribution is -2.30. The van der Waals surface area contributed by atoms with Crippen LogP contribution in [0.1, 0.15) is 6.92 Å². The largest absolute Gasteiger partial charge is 0.468 e. The van der Waals surface area contributed by atoms with Gasteiger partial charge in [-0.25, -0.2) is 0 Å². The number of non-ortho nitro benzene ring substituents is 1. The molecular formula is C14H15N3O4. The Labute approximate surface area is 121 Å². The van der Waals surface area contributed by atoms with E-state index in [2.05, 4.69) is 9.72 Å². The van der Waals surface area contributed by atoms with Gasteiger partial charge in [-0.05, 0) is 25.1 Å². The van der Waals surface area contributed by atoms with Crippen LogP contribution in [0.4, 0.5) is 11.4 Å². The highest BCUT2D eigenvalue weighted by atomic mass is 16.6. The molecule has 7 nitrogen and oxygen atoms in total. The first kappa shape index (κ1) is 14.7. The van der Waals surface area contributed by atoms with E-state index in [1.807, 2.05) is 6.92 Å². The third-order valence-electron chi connectivity index (χ3n) is 3.19. The van der Waals surface area contributed by atoms with E-state index in [-0.39, 0.29) is 18.2 Å². The molecule has 1 aromatic heterocycles. The van der Waals surface area contributed by atoms with Gasteiger partial charge in [-0.2, -0.15) is 0 Å². The number of hydrogen-bond acceptors (Lipinski definition) is 6. The Bertz CT molecular complexity index is 687. The van der Waals surface area contributed by atoms with Crippen molar-refractivity contribution >= 4 is 28.2 Å². The molecular weight excluding hydrogens is 274 g/mol. The summed E-state index contributed by atoms with van der Waals surface area (Å²) in [6.45, 7) is 2.51. The lowest BCUT2D eigenvalue weighted by Gasteiger charge is -2.22. The summed E-state index contributed by atoms with van der Waals surface area (Å²) in [7, 11) is 1.32. The van der Waals surface area contributed by atoms with Crippen molar-refractivity contribution in [1.82, 2.24) is 4.98 Å². The second-order valence-electron chi connectivity index (χ2n) is 4.35. The van der Waals surface area contributed by atoms with Gasteiger partial charge in [-0.15, -0.1) is 0 Å². The molecule has 1 aromatic carbocycles. The van der Waals surface area contributed by atoms with Crippen LogP contribution in [0, 0.1) is 10.1 Å². The SMILES string of the molecule is CCN(CC(=O)OC)c1ccc([N+](=O)[O-])c2cccnc12. The number of methoxy groups -OCH3 is 1. The van der Waals surface area contributed by atoms with E-state index in [4.69, 9.17) is 0 Å². The summed E-state index contributed by atoms with van der Waals surface area (Å²) >= 11 is 0. The molecule has 7 heteroatoms. The van der Waals surface area contributed by atoms with Gasteiger partial charge in [0.05, 0.1) is 23.1 Å². The van der Waals surface area contributed by atoms with Crippen LogP contribution in [-0.2, 0) is 9.53 Å². The first-order chi connectivity index (χ1) is 10.1. The topological polar surface area (TPSA) is 85.6 Å². The normalized spacial score (nSPS) is 10.4. The van der Waals surface area contributed by atoms with Gasteiger partial charge in [0, 0.05) is 18.8 Å². The average molecular weight is 289 g/mol. The Morgan fingerprint density at radius 1 is 1.43 bits per heavy atom. The Morgan fingerprint density at radius 3 is 2.81 bits per heavy atom. The van der Waals surface area contributed by atoms with Gasteiger partial charge in [-0.1, -0.05) is 0 Å². The number of carbonyl (C=O) groups is 1. The molecule has 0 spiro atoms. The van der Waals surface area contributed by atoms with E-state index >= 15 is 0 Å². The fourth-order valence-corrected chi connectivity index (χ4v) is 2.14. The molecule has 0 radical (unpaired) electrons. The number of fused-ring (bicyclic) bond motifs is 1. The van der Waals surface area contributed by atoms with Crippen molar-refractivity contribution < 1.29 is 14.5 Å². The second-order valence-corrected chi connectivity index (χ2v) is 4.35. The number of pyridine rings is 1. The number of nitrogens with zero attached hydrogens (tertiary/aromatic N) is 3. The lowest BCUT2D eigenvalue weighted by atomic mass is 10.1. The number of hydrogen-bond donors (Lipinski definition) is 0. The number of carbonyl (C=O) groups excluding carboxylic acids is 1. The first-order valence-corrected chi connectivity index (χ1v) is 6.42. The van der Waals surface area contributed by atoms with Crippen molar-refractivity contribution in [3.63, 3.8) is 0 Å². The Kier molecular flexibility index (Phi) is 4.32. The summed E-state index contributed by atoms with van der Waals surface area (Å²) in [6.07, 6.45) is 1.57. The first-order valence-electron chi connectivity index (χ1n) is 6.42. The summed E-state index contributed by atoms with van der Waals surface area (Å²) in [5, 5.41) is 11.5. The van der Waals surface area contributed by atoms with Gasteiger partial charge in [0.1, 0.15) is 12.1 Å². The van der Waals surface area contributed by atoms with E-state index in [1.54, 1.807) is 29.3 Å². The van der Waals surface area contributed by atoms with Gasteiger partial charge < -0.3 is 9.64 Å². The number of likely N-dealkylation sites (N-methyl/N-ethyl adjacent to an activating group) is 1. The summed E-state index contributed by atoms with van der Waals surface area (Å²) in [5.74, 6) is -0.376. The van der Waals surface area contributed by atoms with Crippen molar-refractivity contribution in [2.75, 3.05) is 25.1 Å². The Hall–Kier alpha value is -2.70. The molecule has 0 aliphatic rings. The van der Waals surface area contributed by atoms with Crippen LogP contribution in [-0.4, -0.2) is 36.1 Å². The van der Waals surface area contributed by atoms with Gasteiger partial charge >= 0.3 is 5.97 Å². The smallest absolute Gasteiger partial charge is 0.325 e. The number of anilines is 1. The third-order valence-corrected chi connectivity index (χ3v) is 3.19. The summed E-state index contributed by atoms with van der Waals surface area (Å²) < 4.78 is 4.67. The predicted molar refractivity (Wildman–Crippen MR) is 78.3 cm³/mol. The molecule has 1 heterocycles. The Morgan fingerprint density at radius 2 is 2.19 bits per heavy atom. The minimum absolute atomic E-state index is 0.00373. The van der Waals surface area contributed by atoms with Crippen LogP contribution >= 0.6 is 0 Å². The van der Waals surface area contributed by atoms with Crippen LogP contribution in [0.25, 0.3) is 10.9 Å². The number of benzene rings is 1. The number of nitro groups is 1. The van der Waals surface area contributed by atoms with E-state index in [9.17, 15) is 14.9 Å². The number of nitro benzene ring substituents is 1. The molecule has 2 aromatic rings.